The van der Waals surface area contributed by atoms with Crippen LogP contribution in [0, 0.1) is 5.92 Å². The van der Waals surface area contributed by atoms with E-state index in [0.717, 1.165) is 17.7 Å². The summed E-state index contributed by atoms with van der Waals surface area (Å²) in [6, 6.07) is 9.42. The molecule has 1 fully saturated rings. The second-order valence-electron chi connectivity index (χ2n) is 6.56. The second kappa shape index (κ2) is 7.78. The van der Waals surface area contributed by atoms with Crippen LogP contribution in [-0.2, 0) is 0 Å². The molecule has 2 aromatic heterocycles. The topological polar surface area (TPSA) is 54.7 Å². The Morgan fingerprint density at radius 1 is 1.24 bits per heavy atom. The molecule has 132 valence electrons. The Labute approximate surface area is 151 Å². The highest BCUT2D eigenvalue weighted by Gasteiger charge is 2.30. The van der Waals surface area contributed by atoms with Gasteiger partial charge in [-0.3, -0.25) is 19.1 Å². The summed E-state index contributed by atoms with van der Waals surface area (Å²) in [5, 5.41) is 1.90. The van der Waals surface area contributed by atoms with Gasteiger partial charge in [0.1, 0.15) is 5.49 Å². The lowest BCUT2D eigenvalue weighted by molar-refractivity contribution is 0.0606. The van der Waals surface area contributed by atoms with Crippen molar-refractivity contribution in [2.45, 2.75) is 32.7 Å². The number of nitrogens with zero attached hydrogens (tertiary/aromatic N) is 3. The average Bonchev–Trinajstić information content (AvgIpc) is 3.15. The highest BCUT2D eigenvalue weighted by atomic mass is 32.1. The van der Waals surface area contributed by atoms with Crippen molar-refractivity contribution < 1.29 is 9.59 Å². The van der Waals surface area contributed by atoms with Crippen molar-refractivity contribution in [1.29, 1.82) is 0 Å². The van der Waals surface area contributed by atoms with Crippen LogP contribution in [0.25, 0.3) is 0 Å². The fraction of sp³-hybridized carbons (Fsp3) is 0.421. The van der Waals surface area contributed by atoms with Crippen LogP contribution in [0.1, 0.15) is 41.2 Å². The lowest BCUT2D eigenvalue weighted by Crippen LogP contribution is -2.45. The molecule has 5 nitrogen and oxygen atoms in total. The number of likely N-dealkylation sites (tertiary alicyclic amines) is 1. The molecule has 0 spiro atoms. The fourth-order valence-corrected chi connectivity index (χ4v) is 3.80. The first-order chi connectivity index (χ1) is 12.1. The minimum absolute atomic E-state index is 0.0173. The van der Waals surface area contributed by atoms with Crippen molar-refractivity contribution in [1.82, 2.24) is 9.47 Å². The summed E-state index contributed by atoms with van der Waals surface area (Å²) in [5.41, 5.74) is 0.671. The predicted molar refractivity (Wildman–Crippen MR) is 98.7 cm³/mol. The number of carbonyl (C=O) groups excluding carboxylic acids is 2. The Morgan fingerprint density at radius 2 is 2.08 bits per heavy atom. The molecular weight excluding hydrogens is 334 g/mol. The smallest absolute Gasteiger partial charge is 0.263 e. The Bertz CT molecular complexity index is 808. The van der Waals surface area contributed by atoms with E-state index in [9.17, 15) is 9.59 Å². The van der Waals surface area contributed by atoms with Gasteiger partial charge in [0.2, 0.25) is 5.91 Å². The van der Waals surface area contributed by atoms with E-state index >= 15 is 0 Å². The number of piperidine rings is 1. The number of amides is 1. The highest BCUT2D eigenvalue weighted by Crippen LogP contribution is 2.21. The van der Waals surface area contributed by atoms with Gasteiger partial charge in [0.15, 0.2) is 0 Å². The molecule has 25 heavy (non-hydrogen) atoms. The van der Waals surface area contributed by atoms with Gasteiger partial charge in [0.25, 0.3) is 5.91 Å². The monoisotopic (exact) mass is 357 g/mol. The summed E-state index contributed by atoms with van der Waals surface area (Å²) in [4.78, 5) is 32.7. The summed E-state index contributed by atoms with van der Waals surface area (Å²) >= 11 is 1.44. The van der Waals surface area contributed by atoms with Crippen LogP contribution in [0.2, 0.25) is 0 Å². The number of aromatic nitrogens is 1. The Kier molecular flexibility index (Phi) is 5.48. The second-order valence-corrected chi connectivity index (χ2v) is 7.51. The van der Waals surface area contributed by atoms with Crippen molar-refractivity contribution in [2.75, 3.05) is 13.1 Å². The van der Waals surface area contributed by atoms with Crippen LogP contribution >= 0.6 is 11.3 Å². The first kappa shape index (κ1) is 17.6. The zero-order chi connectivity index (χ0) is 17.8. The van der Waals surface area contributed by atoms with Crippen LogP contribution < -0.4 is 5.49 Å². The van der Waals surface area contributed by atoms with Crippen molar-refractivity contribution in [2.24, 2.45) is 10.9 Å². The lowest BCUT2D eigenvalue weighted by atomic mass is 9.96. The number of rotatable bonds is 3. The first-order valence-corrected chi connectivity index (χ1v) is 9.52. The molecule has 1 atom stereocenters. The van der Waals surface area contributed by atoms with Crippen LogP contribution in [0.4, 0.5) is 0 Å². The molecule has 0 aromatic carbocycles. The molecule has 1 aliphatic heterocycles. The van der Waals surface area contributed by atoms with Crippen LogP contribution in [-0.4, -0.2) is 40.4 Å². The number of carbonyl (C=O) groups is 2. The zero-order valence-electron chi connectivity index (χ0n) is 14.6. The summed E-state index contributed by atoms with van der Waals surface area (Å²) in [7, 11) is 0. The highest BCUT2D eigenvalue weighted by molar-refractivity contribution is 7.12. The zero-order valence-corrected chi connectivity index (χ0v) is 15.4. The number of hydrogen-bond acceptors (Lipinski definition) is 4. The maximum Gasteiger partial charge on any atom is 0.263 e. The summed E-state index contributed by atoms with van der Waals surface area (Å²) in [5.74, 6) is -0.146. The van der Waals surface area contributed by atoms with E-state index in [0.29, 0.717) is 18.6 Å². The van der Waals surface area contributed by atoms with E-state index in [-0.39, 0.29) is 23.8 Å². The van der Waals surface area contributed by atoms with Crippen molar-refractivity contribution in [3.8, 4) is 0 Å². The third kappa shape index (κ3) is 4.07. The standard InChI is InChI=1S/C19H23N3O2S/c1-14(2)20-17-9-3-4-11-22(17)18(23)15-7-5-10-21(13-15)19(24)16-8-6-12-25-16/h3-4,6,8-9,11-12,14-15H,5,7,10,13H2,1-2H3. The van der Waals surface area contributed by atoms with E-state index < -0.39 is 0 Å². The molecule has 0 bridgehead atoms. The van der Waals surface area contributed by atoms with E-state index in [1.807, 2.05) is 49.6 Å². The molecule has 0 radical (unpaired) electrons. The fourth-order valence-electron chi connectivity index (χ4n) is 3.11. The minimum Gasteiger partial charge on any atom is -0.337 e. The van der Waals surface area contributed by atoms with Crippen LogP contribution in [0.3, 0.4) is 0 Å². The molecule has 6 heteroatoms. The van der Waals surface area contributed by atoms with E-state index in [1.165, 1.54) is 11.3 Å². The van der Waals surface area contributed by atoms with Gasteiger partial charge in [-0.15, -0.1) is 11.3 Å². The summed E-state index contributed by atoms with van der Waals surface area (Å²) < 4.78 is 1.63. The molecule has 1 unspecified atom stereocenters. The largest absolute Gasteiger partial charge is 0.337 e. The molecule has 0 saturated carbocycles. The van der Waals surface area contributed by atoms with Crippen LogP contribution in [0.5, 0.6) is 0 Å². The van der Waals surface area contributed by atoms with Gasteiger partial charge in [0.05, 0.1) is 10.8 Å². The molecule has 0 aliphatic carbocycles. The quantitative estimate of drug-likeness (QED) is 0.848. The van der Waals surface area contributed by atoms with Gasteiger partial charge >= 0.3 is 0 Å². The number of thiophene rings is 1. The number of hydrogen-bond donors (Lipinski definition) is 0. The predicted octanol–water partition coefficient (Wildman–Crippen LogP) is 3.05. The first-order valence-electron chi connectivity index (χ1n) is 8.65. The van der Waals surface area contributed by atoms with Gasteiger partial charge in [0, 0.05) is 25.3 Å². The molecule has 1 saturated heterocycles. The van der Waals surface area contributed by atoms with Gasteiger partial charge in [-0.05, 0) is 50.3 Å². The van der Waals surface area contributed by atoms with Crippen molar-refractivity contribution in [3.05, 3.63) is 52.3 Å². The Hall–Kier alpha value is -2.21. The third-order valence-electron chi connectivity index (χ3n) is 4.26. The van der Waals surface area contributed by atoms with Crippen molar-refractivity contribution >= 4 is 23.2 Å². The summed E-state index contributed by atoms with van der Waals surface area (Å²) in [6.07, 6.45) is 3.41. The molecule has 3 heterocycles. The van der Waals surface area contributed by atoms with Crippen LogP contribution in [0.15, 0.2) is 46.9 Å². The average molecular weight is 357 g/mol. The molecule has 1 aliphatic rings. The SMILES string of the molecule is CC(C)N=c1ccccn1C(=O)C1CCCN(C(=O)c2cccs2)C1. The molecular formula is C19H23N3O2S. The molecule has 1 amide bonds. The van der Waals surface area contributed by atoms with E-state index in [2.05, 4.69) is 4.99 Å². The van der Waals surface area contributed by atoms with Gasteiger partial charge in [-0.1, -0.05) is 12.1 Å². The maximum absolute atomic E-state index is 13.0. The maximum atomic E-state index is 13.0. The lowest BCUT2D eigenvalue weighted by Gasteiger charge is -2.32. The van der Waals surface area contributed by atoms with Crippen molar-refractivity contribution in [3.63, 3.8) is 0 Å². The van der Waals surface area contributed by atoms with E-state index in [4.69, 9.17) is 0 Å². The number of pyridine rings is 1. The Balaban J connectivity index is 1.80. The molecule has 2 aromatic rings. The minimum atomic E-state index is -0.189. The third-order valence-corrected chi connectivity index (χ3v) is 5.11. The molecule has 3 rings (SSSR count). The Morgan fingerprint density at radius 3 is 2.80 bits per heavy atom. The van der Waals surface area contributed by atoms with Gasteiger partial charge < -0.3 is 4.90 Å². The summed E-state index contributed by atoms with van der Waals surface area (Å²) in [6.45, 7) is 5.16. The van der Waals surface area contributed by atoms with Gasteiger partial charge in [-0.25, -0.2) is 0 Å². The normalized spacial score (nSPS) is 18.6. The molecule has 0 N–H and O–H groups in total. The van der Waals surface area contributed by atoms with Gasteiger partial charge in [-0.2, -0.15) is 0 Å². The van der Waals surface area contributed by atoms with E-state index in [1.54, 1.807) is 15.7 Å².